The van der Waals surface area contributed by atoms with Gasteiger partial charge in [-0.1, -0.05) is 34.8 Å². The first-order chi connectivity index (χ1) is 3.15. The van der Waals surface area contributed by atoms with Crippen LogP contribution >= 0.6 is 47.4 Å². The monoisotopic (exact) mass is 180 g/mol. The Morgan fingerprint density at radius 1 is 1.43 bits per heavy atom. The minimum absolute atomic E-state index is 0.444. The van der Waals surface area contributed by atoms with Crippen LogP contribution in [0.3, 0.4) is 0 Å². The lowest BCUT2D eigenvalue weighted by atomic mass is 11.8. The predicted molar refractivity (Wildman–Crippen MR) is 37.1 cm³/mol. The van der Waals surface area contributed by atoms with Crippen LogP contribution in [0.4, 0.5) is 0 Å². The molecular formula is C2H3Cl3OS. The minimum Gasteiger partial charge on any atom is -0.291 e. The van der Waals surface area contributed by atoms with Crippen LogP contribution in [0, 0.1) is 0 Å². The lowest BCUT2D eigenvalue weighted by Crippen LogP contribution is -1.55. The molecule has 0 aliphatic carbocycles. The Labute approximate surface area is 62.3 Å². The van der Waals surface area contributed by atoms with Gasteiger partial charge in [-0.3, -0.25) is 4.79 Å². The van der Waals surface area contributed by atoms with Gasteiger partial charge in [0.2, 0.25) is 0 Å². The highest BCUT2D eigenvalue weighted by molar-refractivity contribution is 7.94. The van der Waals surface area contributed by atoms with Gasteiger partial charge in [0.25, 0.3) is 0 Å². The number of rotatable bonds is 0. The molecule has 1 nitrogen and oxygen atoms in total. The second kappa shape index (κ2) is 10.00. The third-order valence-corrected chi connectivity index (χ3v) is 0. The summed E-state index contributed by atoms with van der Waals surface area (Å²) in [4.78, 5) is 8.67. The van der Waals surface area contributed by atoms with E-state index in [0.29, 0.717) is 5.62 Å². The minimum atomic E-state index is -0.750. The third kappa shape index (κ3) is 208. The Bertz CT molecular complexity index is 37.2. The summed E-state index contributed by atoms with van der Waals surface area (Å²) in [5.74, 6) is 0. The number of hydrogen-bond acceptors (Lipinski definition) is 1. The Kier molecular flexibility index (Phi) is 15.4. The van der Waals surface area contributed by atoms with Gasteiger partial charge in [0.15, 0.2) is 9.91 Å². The molecular weight excluding hydrogens is 178 g/mol. The van der Waals surface area contributed by atoms with Crippen molar-refractivity contribution in [3.63, 3.8) is 0 Å². The first-order valence-electron chi connectivity index (χ1n) is 1.15. The third-order valence-electron chi connectivity index (χ3n) is 0. The molecule has 0 amide bonds. The van der Waals surface area contributed by atoms with E-state index in [-0.39, 0.29) is 0 Å². The van der Waals surface area contributed by atoms with Crippen LogP contribution in [0.2, 0.25) is 0 Å². The Hall–Kier alpha value is 0.890. The highest BCUT2D eigenvalue weighted by Crippen LogP contribution is 2.03. The zero-order chi connectivity index (χ0) is 6.28. The van der Waals surface area contributed by atoms with E-state index in [2.05, 4.69) is 12.6 Å². The Morgan fingerprint density at radius 3 is 1.43 bits per heavy atom. The number of carbonyl (C=O) groups excluding carboxylic acids is 1. The molecule has 0 atom stereocenters. The van der Waals surface area contributed by atoms with E-state index in [4.69, 9.17) is 39.6 Å². The number of hydrogen-bond donors (Lipinski definition) is 1. The van der Waals surface area contributed by atoms with Crippen molar-refractivity contribution in [1.82, 2.24) is 0 Å². The summed E-state index contributed by atoms with van der Waals surface area (Å²) in [5.41, 5.74) is 0.444. The molecule has 0 aliphatic rings. The highest BCUT2D eigenvalue weighted by Gasteiger charge is 1.78. The number of carbonyl (C=O) groups is 1. The van der Waals surface area contributed by atoms with Crippen molar-refractivity contribution in [2.75, 3.05) is 0 Å². The average molecular weight is 181 g/mol. The molecule has 5 heteroatoms. The molecule has 0 saturated heterocycles. The zero-order valence-electron chi connectivity index (χ0n) is 3.14. The lowest BCUT2D eigenvalue weighted by molar-refractivity contribution is 0.570. The first-order valence-corrected chi connectivity index (χ1v) is 2.97. The molecule has 0 spiro atoms. The summed E-state index contributed by atoms with van der Waals surface area (Å²) < 4.78 is -0.750. The molecule has 0 aromatic rings. The van der Waals surface area contributed by atoms with Crippen LogP contribution in [0.1, 0.15) is 0 Å². The fourth-order valence-electron chi connectivity index (χ4n) is 0. The average Bonchev–Trinajstić information content (AvgIpc) is 1.33. The van der Waals surface area contributed by atoms with Crippen LogP contribution in [-0.2, 0) is 4.79 Å². The molecule has 44 valence electrons. The molecule has 0 aliphatic heterocycles. The van der Waals surface area contributed by atoms with Crippen molar-refractivity contribution in [3.8, 4) is 0 Å². The summed E-state index contributed by atoms with van der Waals surface area (Å²) >= 11 is 17.5. The number of halogens is 3. The first kappa shape index (κ1) is 10.8. The van der Waals surface area contributed by atoms with Gasteiger partial charge in [-0.25, -0.2) is 0 Å². The van der Waals surface area contributed by atoms with Crippen molar-refractivity contribution >= 4 is 53.0 Å². The van der Waals surface area contributed by atoms with E-state index in [0.717, 1.165) is 0 Å². The summed E-state index contributed by atoms with van der Waals surface area (Å²) in [6.45, 7) is 0. The summed E-state index contributed by atoms with van der Waals surface area (Å²) in [5, 5.41) is 0. The molecule has 0 fully saturated rings. The normalized spacial score (nSPS) is 7.00. The molecule has 0 unspecified atom stereocenters. The topological polar surface area (TPSA) is 17.1 Å². The molecule has 0 radical (unpaired) electrons. The maximum Gasteiger partial charge on any atom is 0.180 e. The van der Waals surface area contributed by atoms with Gasteiger partial charge in [0, 0.05) is 0 Å². The SMILES string of the molecule is ClC(Cl)Cl.O=CS. The van der Waals surface area contributed by atoms with Gasteiger partial charge < -0.3 is 0 Å². The quantitative estimate of drug-likeness (QED) is 0.344. The van der Waals surface area contributed by atoms with Gasteiger partial charge in [-0.2, -0.15) is 0 Å². The van der Waals surface area contributed by atoms with Crippen molar-refractivity contribution in [2.45, 2.75) is 4.30 Å². The van der Waals surface area contributed by atoms with E-state index in [1.54, 1.807) is 0 Å². The van der Waals surface area contributed by atoms with Crippen molar-refractivity contribution in [1.29, 1.82) is 0 Å². The number of alkyl halides is 3. The van der Waals surface area contributed by atoms with Gasteiger partial charge in [-0.05, 0) is 0 Å². The molecule has 0 heterocycles. The highest BCUT2D eigenvalue weighted by atomic mass is 35.6. The van der Waals surface area contributed by atoms with Crippen LogP contribution < -0.4 is 0 Å². The summed E-state index contributed by atoms with van der Waals surface area (Å²) in [7, 11) is 0. The zero-order valence-corrected chi connectivity index (χ0v) is 6.31. The molecule has 0 rings (SSSR count). The van der Waals surface area contributed by atoms with E-state index in [9.17, 15) is 0 Å². The number of thiol groups is 1. The predicted octanol–water partition coefficient (Wildman–Crippen LogP) is 2.09. The standard InChI is InChI=1S/CHCl3.CH2OS/c2-1(3)4;2-1-3/h1H;1H,(H,2,3). The lowest BCUT2D eigenvalue weighted by Gasteiger charge is -1.69. The fraction of sp³-hybridized carbons (Fsp3) is 0.500. The van der Waals surface area contributed by atoms with Crippen molar-refractivity contribution < 1.29 is 4.79 Å². The van der Waals surface area contributed by atoms with E-state index >= 15 is 0 Å². The van der Waals surface area contributed by atoms with E-state index in [1.165, 1.54) is 0 Å². The molecule has 0 aromatic carbocycles. The van der Waals surface area contributed by atoms with Crippen LogP contribution in [0.15, 0.2) is 0 Å². The summed E-state index contributed by atoms with van der Waals surface area (Å²) in [6.07, 6.45) is 0. The second-order valence-electron chi connectivity index (χ2n) is 0.353. The maximum absolute atomic E-state index is 8.67. The van der Waals surface area contributed by atoms with Gasteiger partial charge in [-0.15, -0.1) is 12.6 Å². The van der Waals surface area contributed by atoms with Crippen molar-refractivity contribution in [3.05, 3.63) is 0 Å². The molecule has 0 N–H and O–H groups in total. The molecule has 0 saturated carbocycles. The van der Waals surface area contributed by atoms with Gasteiger partial charge in [0.1, 0.15) is 0 Å². The van der Waals surface area contributed by atoms with Crippen molar-refractivity contribution in [2.24, 2.45) is 0 Å². The second-order valence-corrected chi connectivity index (χ2v) is 2.54. The maximum atomic E-state index is 8.67. The fourth-order valence-corrected chi connectivity index (χ4v) is 0. The van der Waals surface area contributed by atoms with Gasteiger partial charge in [0.05, 0.1) is 0 Å². The van der Waals surface area contributed by atoms with Gasteiger partial charge >= 0.3 is 0 Å². The summed E-state index contributed by atoms with van der Waals surface area (Å²) in [6, 6.07) is 0. The molecule has 0 aromatic heterocycles. The largest absolute Gasteiger partial charge is 0.291 e. The van der Waals surface area contributed by atoms with Crippen LogP contribution in [0.5, 0.6) is 0 Å². The molecule has 0 bridgehead atoms. The van der Waals surface area contributed by atoms with Crippen LogP contribution in [-0.4, -0.2) is 9.91 Å². The van der Waals surface area contributed by atoms with Crippen LogP contribution in [0.25, 0.3) is 0 Å². The Morgan fingerprint density at radius 2 is 1.43 bits per heavy atom. The smallest absolute Gasteiger partial charge is 0.180 e. The van der Waals surface area contributed by atoms with E-state index in [1.807, 2.05) is 0 Å². The molecule has 7 heavy (non-hydrogen) atoms. The van der Waals surface area contributed by atoms with E-state index < -0.39 is 4.30 Å². The Balaban J connectivity index is 0.